The van der Waals surface area contributed by atoms with Gasteiger partial charge < -0.3 is 15.7 Å². The summed E-state index contributed by atoms with van der Waals surface area (Å²) in [7, 11) is 0. The fraction of sp³-hybridized carbons (Fsp3) is 0.222. The number of amides is 2. The summed E-state index contributed by atoms with van der Waals surface area (Å²) in [5.74, 6) is -0.972. The number of phenols is 1. The van der Waals surface area contributed by atoms with Gasteiger partial charge >= 0.3 is 0 Å². The van der Waals surface area contributed by atoms with Gasteiger partial charge in [0.25, 0.3) is 11.8 Å². The minimum atomic E-state index is -0.538. The van der Waals surface area contributed by atoms with E-state index in [2.05, 4.69) is 10.6 Å². The van der Waals surface area contributed by atoms with Crippen LogP contribution in [0.2, 0.25) is 5.02 Å². The second-order valence-electron chi connectivity index (χ2n) is 5.27. The van der Waals surface area contributed by atoms with Crippen molar-refractivity contribution in [3.05, 3.63) is 58.6 Å². The Kier molecular flexibility index (Phi) is 6.21. The van der Waals surface area contributed by atoms with Crippen LogP contribution in [0.15, 0.2) is 42.5 Å². The third kappa shape index (κ3) is 4.49. The molecule has 0 spiro atoms. The van der Waals surface area contributed by atoms with Gasteiger partial charge in [0.15, 0.2) is 0 Å². The van der Waals surface area contributed by atoms with E-state index in [9.17, 15) is 14.7 Å². The normalized spacial score (nSPS) is 10.2. The Labute approximate surface area is 145 Å². The van der Waals surface area contributed by atoms with Crippen molar-refractivity contribution in [2.24, 2.45) is 0 Å². The molecule has 0 heterocycles. The summed E-state index contributed by atoms with van der Waals surface area (Å²) >= 11 is 5.86. The highest BCUT2D eigenvalue weighted by molar-refractivity contribution is 6.31. The van der Waals surface area contributed by atoms with Gasteiger partial charge in [-0.2, -0.15) is 0 Å². The molecule has 0 bridgehead atoms. The number of anilines is 1. The Morgan fingerprint density at radius 3 is 2.58 bits per heavy atom. The molecule has 0 saturated heterocycles. The summed E-state index contributed by atoms with van der Waals surface area (Å²) in [4.78, 5) is 24.6. The highest BCUT2D eigenvalue weighted by Crippen LogP contribution is 2.23. The van der Waals surface area contributed by atoms with Gasteiger partial charge in [0.2, 0.25) is 0 Å². The number of unbranched alkanes of at least 4 members (excludes halogenated alkanes) is 1. The maximum absolute atomic E-state index is 12.4. The summed E-state index contributed by atoms with van der Waals surface area (Å²) in [6, 6.07) is 10.9. The molecule has 0 aliphatic heterocycles. The van der Waals surface area contributed by atoms with Gasteiger partial charge in [-0.05, 0) is 36.8 Å². The van der Waals surface area contributed by atoms with E-state index in [0.29, 0.717) is 22.8 Å². The first-order chi connectivity index (χ1) is 11.5. The Bertz CT molecular complexity index is 747. The molecule has 2 aromatic rings. The largest absolute Gasteiger partial charge is 0.507 e. The van der Waals surface area contributed by atoms with E-state index >= 15 is 0 Å². The van der Waals surface area contributed by atoms with Crippen molar-refractivity contribution in [3.8, 4) is 5.75 Å². The molecule has 0 unspecified atom stereocenters. The first-order valence-electron chi connectivity index (χ1n) is 7.70. The third-order valence-electron chi connectivity index (χ3n) is 3.44. The van der Waals surface area contributed by atoms with E-state index in [1.54, 1.807) is 24.3 Å². The van der Waals surface area contributed by atoms with Crippen LogP contribution in [-0.4, -0.2) is 23.5 Å². The van der Waals surface area contributed by atoms with E-state index in [4.69, 9.17) is 11.6 Å². The van der Waals surface area contributed by atoms with Crippen LogP contribution in [-0.2, 0) is 0 Å². The van der Waals surface area contributed by atoms with Crippen molar-refractivity contribution in [2.45, 2.75) is 19.8 Å². The average molecular weight is 347 g/mol. The van der Waals surface area contributed by atoms with Crippen LogP contribution >= 0.6 is 11.6 Å². The fourth-order valence-corrected chi connectivity index (χ4v) is 2.32. The molecule has 2 rings (SSSR count). The molecular weight excluding hydrogens is 328 g/mol. The van der Waals surface area contributed by atoms with E-state index in [1.165, 1.54) is 18.2 Å². The smallest absolute Gasteiger partial charge is 0.259 e. The lowest BCUT2D eigenvalue weighted by atomic mass is 10.1. The zero-order valence-electron chi connectivity index (χ0n) is 13.3. The molecule has 6 heteroatoms. The minimum Gasteiger partial charge on any atom is -0.507 e. The zero-order valence-corrected chi connectivity index (χ0v) is 14.1. The maximum atomic E-state index is 12.4. The molecule has 0 aromatic heterocycles. The number of carbonyl (C=O) groups excluding carboxylic acids is 2. The molecule has 0 fully saturated rings. The van der Waals surface area contributed by atoms with Gasteiger partial charge in [0.05, 0.1) is 16.8 Å². The molecule has 0 aliphatic rings. The maximum Gasteiger partial charge on any atom is 0.259 e. The highest BCUT2D eigenvalue weighted by atomic mass is 35.5. The number of para-hydroxylation sites is 1. The van der Waals surface area contributed by atoms with Gasteiger partial charge in [0, 0.05) is 11.6 Å². The summed E-state index contributed by atoms with van der Waals surface area (Å²) in [5, 5.41) is 15.6. The minimum absolute atomic E-state index is 0.0451. The molecule has 24 heavy (non-hydrogen) atoms. The topological polar surface area (TPSA) is 78.4 Å². The van der Waals surface area contributed by atoms with Crippen LogP contribution in [0.3, 0.4) is 0 Å². The summed E-state index contributed by atoms with van der Waals surface area (Å²) in [5.41, 5.74) is 0.781. The molecule has 126 valence electrons. The molecule has 0 atom stereocenters. The number of hydrogen-bond acceptors (Lipinski definition) is 3. The SMILES string of the molecule is CCCCNC(=O)c1ccccc1NC(=O)c1cc(Cl)ccc1O. The predicted molar refractivity (Wildman–Crippen MR) is 94.8 cm³/mol. The number of nitrogens with one attached hydrogen (secondary N) is 2. The average Bonchev–Trinajstić information content (AvgIpc) is 2.57. The number of carbonyl (C=O) groups is 2. The second kappa shape index (κ2) is 8.36. The Morgan fingerprint density at radius 1 is 1.08 bits per heavy atom. The monoisotopic (exact) mass is 346 g/mol. The Morgan fingerprint density at radius 2 is 1.83 bits per heavy atom. The van der Waals surface area contributed by atoms with E-state index < -0.39 is 5.91 Å². The Hall–Kier alpha value is -2.53. The first kappa shape index (κ1) is 17.8. The number of phenolic OH excluding ortho intramolecular Hbond substituents is 1. The molecule has 0 radical (unpaired) electrons. The number of aromatic hydroxyl groups is 1. The van der Waals surface area contributed by atoms with Crippen LogP contribution in [0.5, 0.6) is 5.75 Å². The van der Waals surface area contributed by atoms with E-state index in [-0.39, 0.29) is 17.2 Å². The summed E-state index contributed by atoms with van der Waals surface area (Å²) in [6.07, 6.45) is 1.86. The van der Waals surface area contributed by atoms with Crippen molar-refractivity contribution < 1.29 is 14.7 Å². The molecule has 0 saturated carbocycles. The summed E-state index contributed by atoms with van der Waals surface area (Å²) < 4.78 is 0. The van der Waals surface area contributed by atoms with Crippen molar-refractivity contribution in [1.82, 2.24) is 5.32 Å². The lowest BCUT2D eigenvalue weighted by Crippen LogP contribution is -2.26. The van der Waals surface area contributed by atoms with Crippen molar-refractivity contribution >= 4 is 29.1 Å². The second-order valence-corrected chi connectivity index (χ2v) is 5.71. The highest BCUT2D eigenvalue weighted by Gasteiger charge is 2.16. The zero-order chi connectivity index (χ0) is 17.5. The van der Waals surface area contributed by atoms with E-state index in [0.717, 1.165) is 12.8 Å². The number of halogens is 1. The van der Waals surface area contributed by atoms with Gasteiger partial charge in [-0.3, -0.25) is 9.59 Å². The van der Waals surface area contributed by atoms with Crippen molar-refractivity contribution in [3.63, 3.8) is 0 Å². The molecule has 2 aromatic carbocycles. The van der Waals surface area contributed by atoms with Crippen LogP contribution in [0.4, 0.5) is 5.69 Å². The fourth-order valence-electron chi connectivity index (χ4n) is 2.14. The van der Waals surface area contributed by atoms with Crippen LogP contribution in [0, 0.1) is 0 Å². The Balaban J connectivity index is 2.19. The number of rotatable bonds is 6. The molecule has 2 amide bonds. The molecule has 5 nitrogen and oxygen atoms in total. The lowest BCUT2D eigenvalue weighted by molar-refractivity contribution is 0.0954. The summed E-state index contributed by atoms with van der Waals surface area (Å²) in [6.45, 7) is 2.62. The van der Waals surface area contributed by atoms with Crippen molar-refractivity contribution in [1.29, 1.82) is 0 Å². The molecular formula is C18H19ClN2O3. The number of hydrogen-bond donors (Lipinski definition) is 3. The molecule has 0 aliphatic carbocycles. The van der Waals surface area contributed by atoms with Gasteiger partial charge in [-0.25, -0.2) is 0 Å². The van der Waals surface area contributed by atoms with Gasteiger partial charge in [-0.1, -0.05) is 37.1 Å². The van der Waals surface area contributed by atoms with Gasteiger partial charge in [-0.15, -0.1) is 0 Å². The third-order valence-corrected chi connectivity index (χ3v) is 3.67. The number of benzene rings is 2. The quantitative estimate of drug-likeness (QED) is 0.695. The van der Waals surface area contributed by atoms with Gasteiger partial charge in [0.1, 0.15) is 5.75 Å². The van der Waals surface area contributed by atoms with E-state index in [1.807, 2.05) is 6.92 Å². The van der Waals surface area contributed by atoms with Crippen LogP contribution in [0.1, 0.15) is 40.5 Å². The molecule has 3 N–H and O–H groups in total. The standard InChI is InChI=1S/C18H19ClN2O3/c1-2-3-10-20-17(23)13-6-4-5-7-15(13)21-18(24)14-11-12(19)8-9-16(14)22/h4-9,11,22H,2-3,10H2,1H3,(H,20,23)(H,21,24). The first-order valence-corrected chi connectivity index (χ1v) is 8.07. The van der Waals surface area contributed by atoms with Crippen LogP contribution < -0.4 is 10.6 Å². The van der Waals surface area contributed by atoms with Crippen molar-refractivity contribution in [2.75, 3.05) is 11.9 Å². The van der Waals surface area contributed by atoms with Crippen LogP contribution in [0.25, 0.3) is 0 Å². The predicted octanol–water partition coefficient (Wildman–Crippen LogP) is 3.83. The lowest BCUT2D eigenvalue weighted by Gasteiger charge is -2.12.